The Morgan fingerprint density at radius 3 is 2.48 bits per heavy atom. The van der Waals surface area contributed by atoms with Gasteiger partial charge in [0.05, 0.1) is 0 Å². The lowest BCUT2D eigenvalue weighted by molar-refractivity contribution is -0.134. The van der Waals surface area contributed by atoms with Crippen molar-refractivity contribution < 1.29 is 14.4 Å². The average Bonchev–Trinajstić information content (AvgIpc) is 3.14. The molecule has 1 N–H and O–H groups in total. The van der Waals surface area contributed by atoms with Crippen molar-refractivity contribution in [2.24, 2.45) is 5.92 Å². The molecular formula is C19H31N3O3. The topological polar surface area (TPSA) is 69.7 Å². The third-order valence-electron chi connectivity index (χ3n) is 6.03. The molecule has 0 aromatic carbocycles. The minimum Gasteiger partial charge on any atom is -0.339 e. The van der Waals surface area contributed by atoms with Gasteiger partial charge >= 0.3 is 6.03 Å². The summed E-state index contributed by atoms with van der Waals surface area (Å²) in [6.07, 6.45) is 9.64. The van der Waals surface area contributed by atoms with Gasteiger partial charge in [-0.05, 0) is 51.9 Å². The largest absolute Gasteiger partial charge is 0.339 e. The van der Waals surface area contributed by atoms with Gasteiger partial charge < -0.3 is 10.2 Å². The van der Waals surface area contributed by atoms with Crippen LogP contribution >= 0.6 is 0 Å². The summed E-state index contributed by atoms with van der Waals surface area (Å²) in [5, 5.41) is 2.68. The van der Waals surface area contributed by atoms with Crippen molar-refractivity contribution in [3.8, 4) is 0 Å². The molecule has 3 fully saturated rings. The van der Waals surface area contributed by atoms with Crippen LogP contribution in [0.15, 0.2) is 0 Å². The van der Waals surface area contributed by atoms with Gasteiger partial charge in [-0.25, -0.2) is 4.79 Å². The van der Waals surface area contributed by atoms with Crippen LogP contribution in [0.25, 0.3) is 0 Å². The Morgan fingerprint density at radius 2 is 1.84 bits per heavy atom. The fraction of sp³-hybridized carbons (Fsp3) is 0.842. The molecule has 4 amide bonds. The van der Waals surface area contributed by atoms with Crippen molar-refractivity contribution in [1.29, 1.82) is 0 Å². The minimum absolute atomic E-state index is 0.194. The number of hydrogen-bond acceptors (Lipinski definition) is 3. The molecule has 0 aromatic heterocycles. The normalized spacial score (nSPS) is 27.0. The molecule has 0 aromatic rings. The molecule has 0 unspecified atom stereocenters. The molecule has 1 saturated carbocycles. The summed E-state index contributed by atoms with van der Waals surface area (Å²) in [5.41, 5.74) is -0.831. The zero-order chi connectivity index (χ0) is 18.0. The van der Waals surface area contributed by atoms with E-state index in [9.17, 15) is 14.4 Å². The Morgan fingerprint density at radius 1 is 1.12 bits per heavy atom. The Hall–Kier alpha value is -1.59. The Labute approximate surface area is 150 Å². The summed E-state index contributed by atoms with van der Waals surface area (Å²) in [7, 11) is 0. The lowest BCUT2D eigenvalue weighted by Gasteiger charge is -2.34. The maximum atomic E-state index is 12.7. The highest BCUT2D eigenvalue weighted by molar-refractivity contribution is 6.06. The molecule has 6 heteroatoms. The van der Waals surface area contributed by atoms with Crippen molar-refractivity contribution in [3.05, 3.63) is 0 Å². The van der Waals surface area contributed by atoms with E-state index in [0.717, 1.165) is 19.4 Å². The number of urea groups is 1. The first-order chi connectivity index (χ1) is 11.9. The number of likely N-dealkylation sites (tertiary alicyclic amines) is 1. The second-order valence-corrected chi connectivity index (χ2v) is 8.31. The first kappa shape index (κ1) is 18.2. The van der Waals surface area contributed by atoms with Crippen LogP contribution in [0.4, 0.5) is 4.79 Å². The predicted octanol–water partition coefficient (Wildman–Crippen LogP) is 2.67. The number of carbonyl (C=O) groups excluding carboxylic acids is 3. The van der Waals surface area contributed by atoms with E-state index in [1.54, 1.807) is 13.8 Å². The van der Waals surface area contributed by atoms with Gasteiger partial charge in [0.15, 0.2) is 0 Å². The molecule has 0 bridgehead atoms. The van der Waals surface area contributed by atoms with E-state index in [2.05, 4.69) is 10.2 Å². The number of hydrogen-bond donors (Lipinski definition) is 1. The molecule has 2 aliphatic heterocycles. The summed E-state index contributed by atoms with van der Waals surface area (Å²) < 4.78 is 0. The summed E-state index contributed by atoms with van der Waals surface area (Å²) in [6, 6.07) is 0.0761. The van der Waals surface area contributed by atoms with Crippen LogP contribution in [0.5, 0.6) is 0 Å². The Bertz CT molecular complexity index is 540. The van der Waals surface area contributed by atoms with Crippen LogP contribution in [0, 0.1) is 5.92 Å². The molecule has 2 heterocycles. The van der Waals surface area contributed by atoms with E-state index in [-0.39, 0.29) is 17.8 Å². The minimum atomic E-state index is -0.831. The second-order valence-electron chi connectivity index (χ2n) is 8.31. The third kappa shape index (κ3) is 3.82. The van der Waals surface area contributed by atoms with Crippen molar-refractivity contribution in [3.63, 3.8) is 0 Å². The van der Waals surface area contributed by atoms with Crippen LogP contribution in [0.1, 0.15) is 71.6 Å². The maximum Gasteiger partial charge on any atom is 0.325 e. The van der Waals surface area contributed by atoms with Gasteiger partial charge in [0.1, 0.15) is 5.54 Å². The molecule has 3 rings (SSSR count). The Kier molecular flexibility index (Phi) is 5.35. The SMILES string of the molecule is CC1(C)NC(=O)N(CCCC(=O)N2CCC[C@@H]2C2CCCCC2)C1=O. The van der Waals surface area contributed by atoms with Crippen molar-refractivity contribution in [1.82, 2.24) is 15.1 Å². The van der Waals surface area contributed by atoms with E-state index >= 15 is 0 Å². The zero-order valence-corrected chi connectivity index (χ0v) is 15.6. The van der Waals surface area contributed by atoms with Gasteiger partial charge in [-0.1, -0.05) is 19.3 Å². The van der Waals surface area contributed by atoms with Gasteiger partial charge in [-0.2, -0.15) is 0 Å². The highest BCUT2D eigenvalue weighted by atomic mass is 16.2. The second kappa shape index (κ2) is 7.34. The van der Waals surface area contributed by atoms with Crippen LogP contribution < -0.4 is 5.32 Å². The van der Waals surface area contributed by atoms with Crippen LogP contribution in [0.3, 0.4) is 0 Å². The predicted molar refractivity (Wildman–Crippen MR) is 94.9 cm³/mol. The van der Waals surface area contributed by atoms with E-state index in [1.807, 2.05) is 0 Å². The standard InChI is InChI=1S/C19H31N3O3/c1-19(2)17(24)22(18(25)20-19)13-7-11-16(23)21-12-6-10-15(21)14-8-4-3-5-9-14/h14-15H,3-13H2,1-2H3,(H,20,25)/t15-/m1/s1. The van der Waals surface area contributed by atoms with Crippen LogP contribution in [0.2, 0.25) is 0 Å². The van der Waals surface area contributed by atoms with E-state index in [1.165, 1.54) is 37.0 Å². The average molecular weight is 349 g/mol. The zero-order valence-electron chi connectivity index (χ0n) is 15.6. The van der Waals surface area contributed by atoms with Gasteiger partial charge in [0.2, 0.25) is 5.91 Å². The number of nitrogens with zero attached hydrogens (tertiary/aromatic N) is 2. The van der Waals surface area contributed by atoms with E-state index in [4.69, 9.17) is 0 Å². The molecule has 0 radical (unpaired) electrons. The number of carbonyl (C=O) groups is 3. The lowest BCUT2D eigenvalue weighted by Crippen LogP contribution is -2.41. The molecular weight excluding hydrogens is 318 g/mol. The number of imide groups is 1. The lowest BCUT2D eigenvalue weighted by atomic mass is 9.83. The van der Waals surface area contributed by atoms with Crippen molar-refractivity contribution in [2.45, 2.75) is 83.2 Å². The fourth-order valence-corrected chi connectivity index (χ4v) is 4.66. The monoisotopic (exact) mass is 349 g/mol. The highest BCUT2D eigenvalue weighted by Crippen LogP contribution is 2.34. The quantitative estimate of drug-likeness (QED) is 0.776. The fourth-order valence-electron chi connectivity index (χ4n) is 4.66. The molecule has 1 atom stereocenters. The summed E-state index contributed by atoms with van der Waals surface area (Å²) in [5.74, 6) is 0.664. The molecule has 2 saturated heterocycles. The molecule has 140 valence electrons. The van der Waals surface area contributed by atoms with Crippen molar-refractivity contribution in [2.75, 3.05) is 13.1 Å². The summed E-state index contributed by atoms with van der Waals surface area (Å²) in [6.45, 7) is 4.60. The Balaban J connectivity index is 1.49. The first-order valence-electron chi connectivity index (χ1n) is 9.84. The van der Waals surface area contributed by atoms with E-state index < -0.39 is 5.54 Å². The van der Waals surface area contributed by atoms with Crippen LogP contribution in [-0.4, -0.2) is 52.3 Å². The van der Waals surface area contributed by atoms with Crippen LogP contribution in [-0.2, 0) is 9.59 Å². The maximum absolute atomic E-state index is 12.7. The number of nitrogens with one attached hydrogen (secondary N) is 1. The summed E-state index contributed by atoms with van der Waals surface area (Å²) in [4.78, 5) is 40.1. The van der Waals surface area contributed by atoms with Crippen molar-refractivity contribution >= 4 is 17.8 Å². The van der Waals surface area contributed by atoms with E-state index in [0.29, 0.717) is 31.3 Å². The molecule has 25 heavy (non-hydrogen) atoms. The number of amides is 4. The summed E-state index contributed by atoms with van der Waals surface area (Å²) >= 11 is 0. The highest BCUT2D eigenvalue weighted by Gasteiger charge is 2.44. The first-order valence-corrected chi connectivity index (χ1v) is 9.84. The molecule has 3 aliphatic rings. The molecule has 6 nitrogen and oxygen atoms in total. The van der Waals surface area contributed by atoms with Gasteiger partial charge in [-0.3, -0.25) is 14.5 Å². The van der Waals surface area contributed by atoms with Gasteiger partial charge in [0.25, 0.3) is 5.91 Å². The van der Waals surface area contributed by atoms with Gasteiger partial charge in [-0.15, -0.1) is 0 Å². The number of rotatable bonds is 5. The smallest absolute Gasteiger partial charge is 0.325 e. The molecule has 0 spiro atoms. The molecule has 1 aliphatic carbocycles. The third-order valence-corrected chi connectivity index (χ3v) is 6.03. The van der Waals surface area contributed by atoms with Gasteiger partial charge in [0, 0.05) is 25.6 Å².